The molecule has 0 amide bonds. The van der Waals surface area contributed by atoms with Crippen LogP contribution in [0, 0.1) is 0 Å². The van der Waals surface area contributed by atoms with Crippen molar-refractivity contribution in [1.82, 2.24) is 15.3 Å². The van der Waals surface area contributed by atoms with Crippen LogP contribution in [-0.4, -0.2) is 41.3 Å². The second-order valence-corrected chi connectivity index (χ2v) is 10.0. The molecule has 1 heterocycles. The first-order valence-corrected chi connectivity index (χ1v) is 12.1. The Hall–Kier alpha value is -1.90. The van der Waals surface area contributed by atoms with Crippen LogP contribution in [0.1, 0.15) is 31.2 Å². The first-order valence-electron chi connectivity index (χ1n) is 10.5. The van der Waals surface area contributed by atoms with E-state index in [-0.39, 0.29) is 0 Å². The van der Waals surface area contributed by atoms with Crippen LogP contribution in [0.2, 0.25) is 0 Å². The van der Waals surface area contributed by atoms with Crippen molar-refractivity contribution in [3.63, 3.8) is 0 Å². The number of anilines is 2. The molecule has 0 bridgehead atoms. The molecule has 0 unspecified atom stereocenters. The van der Waals surface area contributed by atoms with Crippen molar-refractivity contribution < 1.29 is 5.11 Å². The number of nitrogens with one attached hydrogen (secondary N) is 2. The Morgan fingerprint density at radius 1 is 1.03 bits per heavy atom. The lowest BCUT2D eigenvalue weighted by molar-refractivity contribution is 0.349. The first-order chi connectivity index (χ1) is 14.9. The quantitative estimate of drug-likeness (QED) is 0.381. The molecule has 1 saturated carbocycles. The van der Waals surface area contributed by atoms with Gasteiger partial charge in [-0.05, 0) is 65.9 Å². The molecule has 0 radical (unpaired) electrons. The number of aromatic hydroxyl groups is 1. The van der Waals surface area contributed by atoms with Crippen molar-refractivity contribution in [3.05, 3.63) is 50.9 Å². The number of phenols is 1. The molecule has 0 aliphatic heterocycles. The third kappa shape index (κ3) is 5.30. The van der Waals surface area contributed by atoms with E-state index in [4.69, 9.17) is 9.97 Å². The third-order valence-corrected chi connectivity index (χ3v) is 6.82. The van der Waals surface area contributed by atoms with Gasteiger partial charge in [0.1, 0.15) is 11.6 Å². The molecule has 0 atom stereocenters. The molecule has 0 spiro atoms. The SMILES string of the molecule is CN(C)c1nc(NC2CCC(NCc3cc(Br)cc(Br)c3O)CC2)nc2ccccc12. The lowest BCUT2D eigenvalue weighted by Gasteiger charge is -2.30. The van der Waals surface area contributed by atoms with E-state index in [0.717, 1.165) is 52.4 Å². The van der Waals surface area contributed by atoms with E-state index in [9.17, 15) is 5.11 Å². The van der Waals surface area contributed by atoms with Crippen LogP contribution in [0.4, 0.5) is 11.8 Å². The minimum atomic E-state index is 0.302. The Morgan fingerprint density at radius 2 is 1.74 bits per heavy atom. The van der Waals surface area contributed by atoms with Crippen LogP contribution in [0.3, 0.4) is 0 Å². The predicted octanol–water partition coefficient (Wildman–Crippen LogP) is 5.44. The average Bonchev–Trinajstić information content (AvgIpc) is 2.75. The molecule has 2 aromatic carbocycles. The van der Waals surface area contributed by atoms with E-state index in [1.807, 2.05) is 49.3 Å². The number of hydrogen-bond acceptors (Lipinski definition) is 6. The summed E-state index contributed by atoms with van der Waals surface area (Å²) in [6, 6.07) is 12.7. The van der Waals surface area contributed by atoms with Gasteiger partial charge in [-0.3, -0.25) is 0 Å². The van der Waals surface area contributed by atoms with Crippen LogP contribution in [-0.2, 0) is 6.54 Å². The van der Waals surface area contributed by atoms with Gasteiger partial charge in [0.2, 0.25) is 5.95 Å². The summed E-state index contributed by atoms with van der Waals surface area (Å²) >= 11 is 6.89. The number of halogens is 2. The average molecular weight is 549 g/mol. The molecule has 1 aliphatic rings. The molecule has 164 valence electrons. The van der Waals surface area contributed by atoms with Gasteiger partial charge in [0, 0.05) is 48.1 Å². The second kappa shape index (κ2) is 9.71. The summed E-state index contributed by atoms with van der Waals surface area (Å²) < 4.78 is 1.66. The summed E-state index contributed by atoms with van der Waals surface area (Å²) in [5.74, 6) is 1.93. The fourth-order valence-corrected chi connectivity index (χ4v) is 5.41. The number of fused-ring (bicyclic) bond motifs is 1. The number of rotatable bonds is 6. The zero-order valence-corrected chi connectivity index (χ0v) is 20.9. The van der Waals surface area contributed by atoms with Gasteiger partial charge in [0.25, 0.3) is 0 Å². The highest BCUT2D eigenvalue weighted by Crippen LogP contribution is 2.32. The van der Waals surface area contributed by atoms with Crippen LogP contribution in [0.25, 0.3) is 10.9 Å². The standard InChI is InChI=1S/C23H27Br2N5O/c1-30(2)22-18-5-3-4-6-20(18)28-23(29-22)27-17-9-7-16(8-10-17)26-13-14-11-15(24)12-19(25)21(14)31/h3-6,11-12,16-17,26,31H,7-10,13H2,1-2H3,(H,27,28,29). The highest BCUT2D eigenvalue weighted by molar-refractivity contribution is 9.11. The van der Waals surface area contributed by atoms with E-state index in [1.165, 1.54) is 0 Å². The van der Waals surface area contributed by atoms with Gasteiger partial charge in [-0.25, -0.2) is 4.98 Å². The molecule has 3 aromatic rings. The second-order valence-electron chi connectivity index (χ2n) is 8.25. The Bertz CT molecular complexity index is 1070. The molecule has 1 fully saturated rings. The lowest BCUT2D eigenvalue weighted by atomic mass is 9.91. The van der Waals surface area contributed by atoms with Gasteiger partial charge in [-0.1, -0.05) is 28.1 Å². The largest absolute Gasteiger partial charge is 0.506 e. The summed E-state index contributed by atoms with van der Waals surface area (Å²) in [6.45, 7) is 0.645. The molecule has 0 saturated heterocycles. The zero-order valence-electron chi connectivity index (χ0n) is 17.7. The number of aromatic nitrogens is 2. The van der Waals surface area contributed by atoms with Gasteiger partial charge >= 0.3 is 0 Å². The van der Waals surface area contributed by atoms with Crippen LogP contribution in [0.15, 0.2) is 45.3 Å². The van der Waals surface area contributed by atoms with Crippen molar-refractivity contribution in [2.24, 2.45) is 0 Å². The maximum Gasteiger partial charge on any atom is 0.225 e. The highest BCUT2D eigenvalue weighted by atomic mass is 79.9. The summed E-state index contributed by atoms with van der Waals surface area (Å²) in [5, 5.41) is 18.5. The van der Waals surface area contributed by atoms with Gasteiger partial charge < -0.3 is 20.6 Å². The van der Waals surface area contributed by atoms with Gasteiger partial charge in [-0.2, -0.15) is 4.98 Å². The fourth-order valence-electron chi connectivity index (χ4n) is 4.10. The maximum absolute atomic E-state index is 10.3. The van der Waals surface area contributed by atoms with E-state index in [2.05, 4.69) is 48.6 Å². The minimum absolute atomic E-state index is 0.302. The smallest absolute Gasteiger partial charge is 0.225 e. The number of phenolic OH excluding ortho intramolecular Hbond substituents is 1. The van der Waals surface area contributed by atoms with Gasteiger partial charge in [0.05, 0.1) is 9.99 Å². The Balaban J connectivity index is 1.35. The normalized spacial score (nSPS) is 18.8. The minimum Gasteiger partial charge on any atom is -0.506 e. The number of nitrogens with zero attached hydrogens (tertiary/aromatic N) is 3. The summed E-state index contributed by atoms with van der Waals surface area (Å²) in [7, 11) is 4.02. The molecule has 3 N–H and O–H groups in total. The molecule has 4 rings (SSSR count). The molecular weight excluding hydrogens is 522 g/mol. The first kappa shape index (κ1) is 22.3. The summed E-state index contributed by atoms with van der Waals surface area (Å²) in [4.78, 5) is 11.5. The third-order valence-electron chi connectivity index (χ3n) is 5.76. The maximum atomic E-state index is 10.3. The Morgan fingerprint density at radius 3 is 2.48 bits per heavy atom. The van der Waals surface area contributed by atoms with Crippen LogP contribution < -0.4 is 15.5 Å². The van der Waals surface area contributed by atoms with E-state index < -0.39 is 0 Å². The van der Waals surface area contributed by atoms with Crippen molar-refractivity contribution in [2.75, 3.05) is 24.3 Å². The molecular formula is C23H27Br2N5O. The van der Waals surface area contributed by atoms with Crippen LogP contribution in [0.5, 0.6) is 5.75 Å². The Kier molecular flexibility index (Phi) is 6.99. The monoisotopic (exact) mass is 547 g/mol. The highest BCUT2D eigenvalue weighted by Gasteiger charge is 2.22. The van der Waals surface area contributed by atoms with Crippen LogP contribution >= 0.6 is 31.9 Å². The summed E-state index contributed by atoms with van der Waals surface area (Å²) in [5.41, 5.74) is 1.85. The number of hydrogen-bond donors (Lipinski definition) is 3. The molecule has 1 aromatic heterocycles. The predicted molar refractivity (Wildman–Crippen MR) is 134 cm³/mol. The fraction of sp³-hybridized carbons (Fsp3) is 0.391. The molecule has 31 heavy (non-hydrogen) atoms. The van der Waals surface area contributed by atoms with Crippen molar-refractivity contribution >= 4 is 54.5 Å². The van der Waals surface area contributed by atoms with Crippen molar-refractivity contribution in [2.45, 2.75) is 44.3 Å². The molecule has 8 heteroatoms. The topological polar surface area (TPSA) is 73.3 Å². The van der Waals surface area contributed by atoms with Gasteiger partial charge in [-0.15, -0.1) is 0 Å². The zero-order chi connectivity index (χ0) is 22.0. The molecule has 6 nitrogen and oxygen atoms in total. The van der Waals surface area contributed by atoms with E-state index in [0.29, 0.717) is 34.8 Å². The van der Waals surface area contributed by atoms with Gasteiger partial charge in [0.15, 0.2) is 0 Å². The van der Waals surface area contributed by atoms with Crippen molar-refractivity contribution in [1.29, 1.82) is 0 Å². The summed E-state index contributed by atoms with van der Waals surface area (Å²) in [6.07, 6.45) is 4.25. The van der Waals surface area contributed by atoms with E-state index >= 15 is 0 Å². The van der Waals surface area contributed by atoms with E-state index in [1.54, 1.807) is 0 Å². The number of benzene rings is 2. The Labute approximate surface area is 199 Å². The lowest BCUT2D eigenvalue weighted by Crippen LogP contribution is -2.37. The molecule has 1 aliphatic carbocycles. The number of para-hydroxylation sites is 1. The van der Waals surface area contributed by atoms with Crippen molar-refractivity contribution in [3.8, 4) is 5.75 Å².